The molecule has 3 rings (SSSR count). The van der Waals surface area contributed by atoms with Gasteiger partial charge in [0.15, 0.2) is 0 Å². The lowest BCUT2D eigenvalue weighted by molar-refractivity contribution is -0.117. The number of hydrogen-bond acceptors (Lipinski definition) is 1. The van der Waals surface area contributed by atoms with Gasteiger partial charge in [0.25, 0.3) is 0 Å². The molecule has 1 aliphatic heterocycles. The van der Waals surface area contributed by atoms with Crippen molar-refractivity contribution in [1.29, 1.82) is 0 Å². The molecule has 1 heterocycles. The summed E-state index contributed by atoms with van der Waals surface area (Å²) in [5, 5.41) is -0.0291. The normalized spacial score (nSPS) is 23.9. The average molecular weight is 250 g/mol. The van der Waals surface area contributed by atoms with Crippen molar-refractivity contribution < 1.29 is 4.79 Å². The van der Waals surface area contributed by atoms with Crippen molar-refractivity contribution in [3.63, 3.8) is 0 Å². The summed E-state index contributed by atoms with van der Waals surface area (Å²) in [5.41, 5.74) is 3.90. The van der Waals surface area contributed by atoms with E-state index in [2.05, 4.69) is 18.2 Å². The van der Waals surface area contributed by atoms with Gasteiger partial charge >= 0.3 is 0 Å². The molecule has 2 aliphatic rings. The van der Waals surface area contributed by atoms with Crippen molar-refractivity contribution in [2.75, 3.05) is 11.4 Å². The Balaban J connectivity index is 1.91. The van der Waals surface area contributed by atoms with Crippen LogP contribution >= 0.6 is 11.6 Å². The van der Waals surface area contributed by atoms with Gasteiger partial charge in [-0.25, -0.2) is 0 Å². The van der Waals surface area contributed by atoms with Crippen LogP contribution in [-0.2, 0) is 17.6 Å². The highest BCUT2D eigenvalue weighted by molar-refractivity contribution is 6.24. The molecule has 17 heavy (non-hydrogen) atoms. The third-order valence-corrected chi connectivity index (χ3v) is 4.01. The van der Waals surface area contributed by atoms with E-state index in [1.807, 2.05) is 4.90 Å². The minimum absolute atomic E-state index is 0.0291. The van der Waals surface area contributed by atoms with Gasteiger partial charge in [-0.1, -0.05) is 6.07 Å². The van der Waals surface area contributed by atoms with Crippen molar-refractivity contribution in [1.82, 2.24) is 0 Å². The summed E-state index contributed by atoms with van der Waals surface area (Å²) in [4.78, 5) is 13.6. The van der Waals surface area contributed by atoms with Gasteiger partial charge in [0.2, 0.25) is 5.91 Å². The Hall–Kier alpha value is -1.02. The average Bonchev–Trinajstić information content (AvgIpc) is 2.68. The van der Waals surface area contributed by atoms with Gasteiger partial charge in [0, 0.05) is 18.7 Å². The molecule has 90 valence electrons. The van der Waals surface area contributed by atoms with Crippen LogP contribution in [0.3, 0.4) is 0 Å². The van der Waals surface area contributed by atoms with Crippen LogP contribution in [-0.4, -0.2) is 17.8 Å². The predicted octanol–water partition coefficient (Wildman–Crippen LogP) is 2.91. The quantitative estimate of drug-likeness (QED) is 0.701. The number of amides is 1. The van der Waals surface area contributed by atoms with Gasteiger partial charge in [-0.15, -0.1) is 11.6 Å². The molecule has 0 bridgehead atoms. The molecule has 1 unspecified atom stereocenters. The molecule has 0 radical (unpaired) electrons. The zero-order valence-electron chi connectivity index (χ0n) is 9.79. The summed E-state index contributed by atoms with van der Waals surface area (Å²) in [6.07, 6.45) is 5.36. The first-order valence-corrected chi connectivity index (χ1v) is 6.74. The second kappa shape index (κ2) is 4.34. The van der Waals surface area contributed by atoms with E-state index >= 15 is 0 Å². The molecule has 1 aromatic rings. The number of carbonyl (C=O) groups is 1. The summed E-state index contributed by atoms with van der Waals surface area (Å²) in [6, 6.07) is 6.43. The van der Waals surface area contributed by atoms with E-state index in [9.17, 15) is 4.79 Å². The Morgan fingerprint density at radius 2 is 1.94 bits per heavy atom. The predicted molar refractivity (Wildman–Crippen MR) is 69.7 cm³/mol. The molecule has 1 atom stereocenters. The van der Waals surface area contributed by atoms with Crippen molar-refractivity contribution in [2.45, 2.75) is 37.5 Å². The Morgan fingerprint density at radius 1 is 1.18 bits per heavy atom. The first-order valence-electron chi connectivity index (χ1n) is 6.30. The summed E-state index contributed by atoms with van der Waals surface area (Å²) < 4.78 is 0. The van der Waals surface area contributed by atoms with Crippen LogP contribution in [0.4, 0.5) is 5.69 Å². The molecule has 1 saturated heterocycles. The van der Waals surface area contributed by atoms with Gasteiger partial charge in [-0.3, -0.25) is 4.79 Å². The molecule has 0 aromatic heterocycles. The van der Waals surface area contributed by atoms with E-state index in [4.69, 9.17) is 11.6 Å². The Morgan fingerprint density at radius 3 is 2.65 bits per heavy atom. The summed E-state index contributed by atoms with van der Waals surface area (Å²) >= 11 is 6.03. The number of hydrogen-bond donors (Lipinski definition) is 0. The number of aryl methyl sites for hydroxylation is 2. The van der Waals surface area contributed by atoms with Crippen molar-refractivity contribution in [3.8, 4) is 0 Å². The maximum Gasteiger partial charge on any atom is 0.228 e. The minimum atomic E-state index is -0.0291. The maximum atomic E-state index is 11.8. The van der Waals surface area contributed by atoms with Gasteiger partial charge in [-0.2, -0.15) is 0 Å². The lowest BCUT2D eigenvalue weighted by Crippen LogP contribution is -2.24. The number of nitrogens with zero attached hydrogens (tertiary/aromatic N) is 1. The number of fused-ring (bicyclic) bond motifs is 1. The highest BCUT2D eigenvalue weighted by atomic mass is 35.5. The largest absolute Gasteiger partial charge is 0.311 e. The van der Waals surface area contributed by atoms with Gasteiger partial charge in [-0.05, 0) is 48.9 Å². The van der Waals surface area contributed by atoms with E-state index in [1.54, 1.807) is 0 Å². The Kier molecular flexibility index (Phi) is 2.83. The van der Waals surface area contributed by atoms with Gasteiger partial charge in [0.1, 0.15) is 0 Å². The van der Waals surface area contributed by atoms with E-state index in [1.165, 1.54) is 30.4 Å². The van der Waals surface area contributed by atoms with Crippen LogP contribution in [0.15, 0.2) is 18.2 Å². The standard InChI is InChI=1S/C14H16ClNO/c15-12-8-14(17)16(9-12)13-6-5-10-3-1-2-4-11(10)7-13/h5-7,12H,1-4,8-9H2. The van der Waals surface area contributed by atoms with Crippen LogP contribution in [0.25, 0.3) is 0 Å². The van der Waals surface area contributed by atoms with Crippen molar-refractivity contribution in [2.24, 2.45) is 0 Å². The molecule has 2 nitrogen and oxygen atoms in total. The van der Waals surface area contributed by atoms with Crippen molar-refractivity contribution >= 4 is 23.2 Å². The number of anilines is 1. The van der Waals surface area contributed by atoms with Crippen LogP contribution in [0, 0.1) is 0 Å². The van der Waals surface area contributed by atoms with Gasteiger partial charge in [0.05, 0.1) is 5.38 Å². The van der Waals surface area contributed by atoms with Crippen LogP contribution in [0.5, 0.6) is 0 Å². The Bertz CT molecular complexity index is 458. The number of halogens is 1. The topological polar surface area (TPSA) is 20.3 Å². The SMILES string of the molecule is O=C1CC(Cl)CN1c1ccc2c(c1)CCCC2. The molecule has 1 aromatic carbocycles. The third kappa shape index (κ3) is 2.06. The summed E-state index contributed by atoms with van der Waals surface area (Å²) in [5.74, 6) is 0.153. The first-order chi connectivity index (χ1) is 8.24. The van der Waals surface area contributed by atoms with Crippen LogP contribution < -0.4 is 4.90 Å². The highest BCUT2D eigenvalue weighted by Crippen LogP contribution is 2.29. The lowest BCUT2D eigenvalue weighted by atomic mass is 9.91. The molecule has 0 saturated carbocycles. The second-order valence-electron chi connectivity index (χ2n) is 4.97. The second-order valence-corrected chi connectivity index (χ2v) is 5.58. The van der Waals surface area contributed by atoms with E-state index in [-0.39, 0.29) is 11.3 Å². The summed E-state index contributed by atoms with van der Waals surface area (Å²) in [7, 11) is 0. The van der Waals surface area contributed by atoms with E-state index < -0.39 is 0 Å². The molecule has 3 heteroatoms. The number of carbonyl (C=O) groups excluding carboxylic acids is 1. The van der Waals surface area contributed by atoms with Crippen LogP contribution in [0.1, 0.15) is 30.4 Å². The molecule has 1 aliphatic carbocycles. The first kappa shape index (κ1) is 11.1. The molecule has 1 fully saturated rings. The van der Waals surface area contributed by atoms with Gasteiger partial charge < -0.3 is 4.90 Å². The van der Waals surface area contributed by atoms with E-state index in [0.717, 1.165) is 12.1 Å². The zero-order chi connectivity index (χ0) is 11.8. The smallest absolute Gasteiger partial charge is 0.228 e. The zero-order valence-corrected chi connectivity index (χ0v) is 10.5. The fraction of sp³-hybridized carbons (Fsp3) is 0.500. The van der Waals surface area contributed by atoms with Crippen LogP contribution in [0.2, 0.25) is 0 Å². The number of benzene rings is 1. The van der Waals surface area contributed by atoms with Crippen molar-refractivity contribution in [3.05, 3.63) is 29.3 Å². The maximum absolute atomic E-state index is 11.8. The fourth-order valence-corrected chi connectivity index (χ4v) is 3.07. The highest BCUT2D eigenvalue weighted by Gasteiger charge is 2.29. The minimum Gasteiger partial charge on any atom is -0.311 e. The Labute approximate surface area is 107 Å². The fourth-order valence-electron chi connectivity index (χ4n) is 2.80. The lowest BCUT2D eigenvalue weighted by Gasteiger charge is -2.21. The molecule has 1 amide bonds. The van der Waals surface area contributed by atoms with E-state index in [0.29, 0.717) is 13.0 Å². The molecular weight excluding hydrogens is 234 g/mol. The summed E-state index contributed by atoms with van der Waals surface area (Å²) in [6.45, 7) is 0.652. The number of alkyl halides is 1. The molecular formula is C14H16ClNO. The molecule has 0 N–H and O–H groups in total. The third-order valence-electron chi connectivity index (χ3n) is 3.72. The number of rotatable bonds is 1. The monoisotopic (exact) mass is 249 g/mol. The molecule has 0 spiro atoms.